The molecule has 2 rings (SSSR count). The number of unbranched alkanes of at least 4 members (excludes halogenated alkanes) is 1. The van der Waals surface area contributed by atoms with Crippen molar-refractivity contribution >= 4 is 11.8 Å². The highest BCUT2D eigenvalue weighted by molar-refractivity contribution is 5.85. The van der Waals surface area contributed by atoms with Gasteiger partial charge in [-0.3, -0.25) is 9.59 Å². The minimum Gasteiger partial charge on any atom is -0.353 e. The van der Waals surface area contributed by atoms with E-state index in [1.165, 1.54) is 0 Å². The molecule has 2 amide bonds. The maximum atomic E-state index is 13.4. The van der Waals surface area contributed by atoms with Gasteiger partial charge in [-0.05, 0) is 29.5 Å². The predicted octanol–water partition coefficient (Wildman–Crippen LogP) is 4.62. The van der Waals surface area contributed by atoms with Gasteiger partial charge >= 0.3 is 0 Å². The maximum Gasteiger partial charge on any atom is 0.242 e. The molecule has 0 saturated heterocycles. The van der Waals surface area contributed by atoms with E-state index in [4.69, 9.17) is 0 Å². The van der Waals surface area contributed by atoms with E-state index in [1.54, 1.807) is 4.90 Å². The van der Waals surface area contributed by atoms with E-state index < -0.39 is 0 Å². The third-order valence-electron chi connectivity index (χ3n) is 5.12. The Morgan fingerprint density at radius 2 is 1.63 bits per heavy atom. The van der Waals surface area contributed by atoms with E-state index in [2.05, 4.69) is 27.7 Å². The Kier molecular flexibility index (Phi) is 8.70. The topological polar surface area (TPSA) is 45.6 Å². The second kappa shape index (κ2) is 11.0. The number of aryl methyl sites for hydroxylation is 1. The molecule has 0 N–H and O–H groups in total. The molecule has 0 spiro atoms. The van der Waals surface area contributed by atoms with E-state index in [0.717, 1.165) is 24.1 Å². The van der Waals surface area contributed by atoms with Crippen molar-refractivity contribution in [3.8, 4) is 0 Å². The highest BCUT2D eigenvalue weighted by Crippen LogP contribution is 2.20. The van der Waals surface area contributed by atoms with Crippen molar-refractivity contribution in [2.45, 2.75) is 60.0 Å². The first-order chi connectivity index (χ1) is 14.2. The fourth-order valence-corrected chi connectivity index (χ4v) is 3.36. The summed E-state index contributed by atoms with van der Waals surface area (Å²) in [5, 5.41) is 0. The van der Waals surface area contributed by atoms with Crippen molar-refractivity contribution in [3.05, 3.63) is 59.9 Å². The van der Waals surface area contributed by atoms with E-state index in [0.29, 0.717) is 26.1 Å². The maximum absolute atomic E-state index is 13.4. The lowest BCUT2D eigenvalue weighted by atomic mass is 9.91. The molecule has 30 heavy (non-hydrogen) atoms. The van der Waals surface area contributed by atoms with Crippen LogP contribution in [0.15, 0.2) is 48.7 Å². The van der Waals surface area contributed by atoms with Crippen LogP contribution in [0.3, 0.4) is 0 Å². The van der Waals surface area contributed by atoms with Crippen LogP contribution < -0.4 is 0 Å². The van der Waals surface area contributed by atoms with Gasteiger partial charge in [-0.1, -0.05) is 64.4 Å². The lowest BCUT2D eigenvalue weighted by Crippen LogP contribution is -2.43. The fraction of sp³-hybridized carbons (Fsp3) is 0.520. The largest absolute Gasteiger partial charge is 0.353 e. The predicted molar refractivity (Wildman–Crippen MR) is 122 cm³/mol. The van der Waals surface area contributed by atoms with E-state index in [1.807, 2.05) is 65.2 Å². The van der Waals surface area contributed by atoms with Crippen LogP contribution in [0.5, 0.6) is 0 Å². The van der Waals surface area contributed by atoms with Crippen LogP contribution in [0.2, 0.25) is 0 Å². The van der Waals surface area contributed by atoms with E-state index in [9.17, 15) is 9.59 Å². The van der Waals surface area contributed by atoms with Gasteiger partial charge in [0.1, 0.15) is 0 Å². The molecule has 1 aromatic carbocycles. The lowest BCUT2D eigenvalue weighted by molar-refractivity contribution is -0.142. The molecule has 5 nitrogen and oxygen atoms in total. The number of amides is 2. The summed E-state index contributed by atoms with van der Waals surface area (Å²) in [6.45, 7) is 10.1. The normalized spacial score (nSPS) is 11.4. The summed E-state index contributed by atoms with van der Waals surface area (Å²) in [5.41, 5.74) is 2.05. The molecule has 164 valence electrons. The van der Waals surface area contributed by atoms with Crippen molar-refractivity contribution in [1.82, 2.24) is 14.4 Å². The first-order valence-corrected chi connectivity index (χ1v) is 10.9. The Bertz CT molecular complexity index is 805. The van der Waals surface area contributed by atoms with Gasteiger partial charge in [-0.2, -0.15) is 0 Å². The molecule has 0 saturated carbocycles. The highest BCUT2D eigenvalue weighted by atomic mass is 16.2. The van der Waals surface area contributed by atoms with Crippen molar-refractivity contribution in [1.29, 1.82) is 0 Å². The number of rotatable bonds is 10. The van der Waals surface area contributed by atoms with Gasteiger partial charge in [-0.25, -0.2) is 0 Å². The van der Waals surface area contributed by atoms with Crippen molar-refractivity contribution in [3.63, 3.8) is 0 Å². The summed E-state index contributed by atoms with van der Waals surface area (Å²) in [4.78, 5) is 29.9. The first kappa shape index (κ1) is 23.7. The standard InChI is InChI=1S/C25H37N3O2/c1-6-7-16-27(23(29)17-25(2,3)4)20-24(30)28(18-21-12-9-8-10-13-21)19-22-14-11-15-26(22)5/h8-15H,6-7,16-20H2,1-5H3. The molecular weight excluding hydrogens is 374 g/mol. The zero-order valence-electron chi connectivity index (χ0n) is 19.2. The van der Waals surface area contributed by atoms with Crippen LogP contribution in [0.4, 0.5) is 0 Å². The number of hydrogen-bond acceptors (Lipinski definition) is 2. The average molecular weight is 412 g/mol. The van der Waals surface area contributed by atoms with Crippen molar-refractivity contribution in [2.75, 3.05) is 13.1 Å². The van der Waals surface area contributed by atoms with Gasteiger partial charge in [0.05, 0.1) is 13.1 Å². The van der Waals surface area contributed by atoms with Crippen molar-refractivity contribution < 1.29 is 9.59 Å². The van der Waals surface area contributed by atoms with E-state index in [-0.39, 0.29) is 23.8 Å². The Morgan fingerprint density at radius 1 is 0.933 bits per heavy atom. The molecule has 0 bridgehead atoms. The third-order valence-corrected chi connectivity index (χ3v) is 5.12. The smallest absolute Gasteiger partial charge is 0.242 e. The third kappa shape index (κ3) is 7.69. The number of benzene rings is 1. The van der Waals surface area contributed by atoms with E-state index >= 15 is 0 Å². The van der Waals surface area contributed by atoms with Gasteiger partial charge in [-0.15, -0.1) is 0 Å². The van der Waals surface area contributed by atoms with Crippen LogP contribution in [-0.4, -0.2) is 39.3 Å². The quantitative estimate of drug-likeness (QED) is 0.573. The molecule has 1 heterocycles. The highest BCUT2D eigenvalue weighted by Gasteiger charge is 2.25. The first-order valence-electron chi connectivity index (χ1n) is 10.9. The molecule has 5 heteroatoms. The molecule has 2 aromatic rings. The minimum absolute atomic E-state index is 0.0154. The van der Waals surface area contributed by atoms with Gasteiger partial charge < -0.3 is 14.4 Å². The average Bonchev–Trinajstić information content (AvgIpc) is 3.08. The van der Waals surface area contributed by atoms with Gasteiger partial charge in [0.25, 0.3) is 0 Å². The van der Waals surface area contributed by atoms with Gasteiger partial charge in [0.15, 0.2) is 0 Å². The molecule has 1 aromatic heterocycles. The van der Waals surface area contributed by atoms with Crippen LogP contribution in [0.25, 0.3) is 0 Å². The van der Waals surface area contributed by atoms with Gasteiger partial charge in [0.2, 0.25) is 11.8 Å². The van der Waals surface area contributed by atoms with Crippen LogP contribution >= 0.6 is 0 Å². The van der Waals surface area contributed by atoms with Gasteiger partial charge in [0, 0.05) is 38.4 Å². The molecule has 0 aliphatic carbocycles. The summed E-state index contributed by atoms with van der Waals surface area (Å²) in [5.74, 6) is 0.0428. The van der Waals surface area contributed by atoms with Crippen LogP contribution in [0.1, 0.15) is 58.2 Å². The minimum atomic E-state index is -0.0998. The molecule has 0 unspecified atom stereocenters. The Morgan fingerprint density at radius 3 is 2.20 bits per heavy atom. The zero-order chi connectivity index (χ0) is 22.1. The zero-order valence-corrected chi connectivity index (χ0v) is 19.2. The molecule has 0 aliphatic heterocycles. The molecule has 0 aliphatic rings. The monoisotopic (exact) mass is 411 g/mol. The van der Waals surface area contributed by atoms with Crippen LogP contribution in [-0.2, 0) is 29.7 Å². The second-order valence-corrected chi connectivity index (χ2v) is 9.25. The Balaban J connectivity index is 2.18. The lowest BCUT2D eigenvalue weighted by Gasteiger charge is -2.30. The van der Waals surface area contributed by atoms with Crippen molar-refractivity contribution in [2.24, 2.45) is 12.5 Å². The number of nitrogens with zero attached hydrogens (tertiary/aromatic N) is 3. The summed E-state index contributed by atoms with van der Waals surface area (Å²) >= 11 is 0. The summed E-state index contributed by atoms with van der Waals surface area (Å²) in [6.07, 6.45) is 4.33. The fourth-order valence-electron chi connectivity index (χ4n) is 3.36. The number of carbonyl (C=O) groups excluding carboxylic acids is 2. The molecule has 0 fully saturated rings. The summed E-state index contributed by atoms with van der Waals surface area (Å²) in [6, 6.07) is 14.0. The summed E-state index contributed by atoms with van der Waals surface area (Å²) < 4.78 is 2.03. The SMILES string of the molecule is CCCCN(CC(=O)N(Cc1ccccc1)Cc1cccn1C)C(=O)CC(C)(C)C. The number of carbonyl (C=O) groups is 2. The number of aromatic nitrogens is 1. The number of hydrogen-bond donors (Lipinski definition) is 0. The van der Waals surface area contributed by atoms with Crippen LogP contribution in [0, 0.1) is 5.41 Å². The summed E-state index contributed by atoms with van der Waals surface area (Å²) in [7, 11) is 1.99. The Hall–Kier alpha value is -2.56. The second-order valence-electron chi connectivity index (χ2n) is 9.25. The molecular formula is C25H37N3O2. The molecule has 0 atom stereocenters. The Labute approximate surface area is 181 Å². The molecule has 0 radical (unpaired) electrons.